The van der Waals surface area contributed by atoms with Gasteiger partial charge < -0.3 is 4.42 Å². The third-order valence-corrected chi connectivity index (χ3v) is 8.41. The van der Waals surface area contributed by atoms with Crippen LogP contribution in [0.5, 0.6) is 0 Å². The molecule has 7 aromatic carbocycles. The Morgan fingerprint density at radius 1 is 0.388 bits per heavy atom. The lowest BCUT2D eigenvalue weighted by atomic mass is 9.99. The van der Waals surface area contributed by atoms with Crippen molar-refractivity contribution in [3.05, 3.63) is 176 Å². The Balaban J connectivity index is 1.16. The molecule has 0 aliphatic rings. The molecule has 9 rings (SSSR count). The van der Waals surface area contributed by atoms with E-state index in [2.05, 4.69) is 0 Å². The second-order valence-corrected chi connectivity index (χ2v) is 11.4. The quantitative estimate of drug-likeness (QED) is 0.182. The molecule has 0 amide bonds. The Kier molecular flexibility index (Phi) is 5.29. The fourth-order valence-corrected chi connectivity index (χ4v) is 5.96. The summed E-state index contributed by atoms with van der Waals surface area (Å²) < 4.78 is 73.8. The molecule has 2 heterocycles. The molecule has 9 aromatic rings. The molecule has 0 aliphatic heterocycles. The van der Waals surface area contributed by atoms with Gasteiger partial charge in [-0.25, -0.2) is 15.0 Å². The Bertz CT molecular complexity index is 3000. The summed E-state index contributed by atoms with van der Waals surface area (Å²) in [6.45, 7) is 0. The van der Waals surface area contributed by atoms with Gasteiger partial charge in [-0.2, -0.15) is 0 Å². The third kappa shape index (κ3) is 5.45. The molecule has 230 valence electrons. The van der Waals surface area contributed by atoms with Crippen molar-refractivity contribution in [3.63, 3.8) is 0 Å². The van der Waals surface area contributed by atoms with Gasteiger partial charge in [-0.05, 0) is 51.6 Å². The van der Waals surface area contributed by atoms with E-state index in [0.29, 0.717) is 50.3 Å². The maximum Gasteiger partial charge on any atom is 0.164 e. The lowest BCUT2D eigenvalue weighted by Gasteiger charge is -2.10. The van der Waals surface area contributed by atoms with Gasteiger partial charge in [0.25, 0.3) is 0 Å². The summed E-state index contributed by atoms with van der Waals surface area (Å²) in [6, 6.07) is 37.5. The van der Waals surface area contributed by atoms with Gasteiger partial charge in [0.05, 0.1) is 11.0 Å². The molecule has 0 bridgehead atoms. The lowest BCUT2D eigenvalue weighted by Crippen LogP contribution is -2.00. The molecule has 0 spiro atoms. The molecular weight excluding hydrogens is 599 g/mol. The Hall–Kier alpha value is -6.65. The highest BCUT2D eigenvalue weighted by molar-refractivity contribution is 6.12. The summed E-state index contributed by atoms with van der Waals surface area (Å²) in [4.78, 5) is 14.8. The Morgan fingerprint density at radius 3 is 1.57 bits per heavy atom. The number of benzene rings is 7. The van der Waals surface area contributed by atoms with Gasteiger partial charge in [-0.1, -0.05) is 158 Å². The molecule has 0 radical (unpaired) electrons. The smallest absolute Gasteiger partial charge is 0.164 e. The number of furan rings is 1. The van der Waals surface area contributed by atoms with Crippen LogP contribution in [0.1, 0.15) is 11.0 Å². The standard InChI is InChI=1S/C45H29N3O/c1-4-11-30(12-5-1)32-19-21-33(22-20-32)34-23-25-36(26-24-34)44-46-43(35-15-8-3-9-16-35)47-45(48-44)38-17-10-18-41-42(38)39-29-37(27-28-40(39)49-41)31-13-6-2-7-14-31/h1-29H/i1D,4D,5D,11D,12D,17D,27D,28D. The highest BCUT2D eigenvalue weighted by Gasteiger charge is 2.18. The zero-order valence-electron chi connectivity index (χ0n) is 33.9. The molecule has 2 aromatic heterocycles. The fraction of sp³-hybridized carbons (Fsp3) is 0. The largest absolute Gasteiger partial charge is 0.456 e. The summed E-state index contributed by atoms with van der Waals surface area (Å²) >= 11 is 0. The van der Waals surface area contributed by atoms with E-state index in [1.54, 1.807) is 24.3 Å². The van der Waals surface area contributed by atoms with E-state index in [9.17, 15) is 0 Å². The minimum absolute atomic E-state index is 0.0441. The average Bonchev–Trinajstić information content (AvgIpc) is 3.63. The topological polar surface area (TPSA) is 51.8 Å². The molecule has 0 saturated carbocycles. The molecular formula is C45H29N3O. The lowest BCUT2D eigenvalue weighted by molar-refractivity contribution is 0.669. The summed E-state index contributed by atoms with van der Waals surface area (Å²) in [7, 11) is 0. The highest BCUT2D eigenvalue weighted by atomic mass is 16.3. The Labute approximate surface area is 295 Å². The predicted octanol–water partition coefficient (Wildman–Crippen LogP) is 11.8. The predicted molar refractivity (Wildman–Crippen MR) is 200 cm³/mol. The molecule has 0 unspecified atom stereocenters. The van der Waals surface area contributed by atoms with E-state index in [0.717, 1.165) is 22.3 Å². The zero-order valence-corrected chi connectivity index (χ0v) is 25.9. The maximum absolute atomic E-state index is 9.14. The average molecular weight is 636 g/mol. The first-order valence-corrected chi connectivity index (χ1v) is 15.7. The van der Waals surface area contributed by atoms with Crippen LogP contribution in [-0.4, -0.2) is 15.0 Å². The van der Waals surface area contributed by atoms with Crippen molar-refractivity contribution < 1.29 is 15.4 Å². The first-order chi connectivity index (χ1) is 27.6. The normalized spacial score (nSPS) is 13.6. The van der Waals surface area contributed by atoms with Crippen LogP contribution in [0.2, 0.25) is 0 Å². The molecule has 0 aliphatic carbocycles. The molecule has 4 nitrogen and oxygen atoms in total. The van der Waals surface area contributed by atoms with Crippen LogP contribution in [0.15, 0.2) is 180 Å². The van der Waals surface area contributed by atoms with Crippen LogP contribution in [0.25, 0.3) is 89.5 Å². The zero-order chi connectivity index (χ0) is 39.5. The van der Waals surface area contributed by atoms with Crippen LogP contribution >= 0.6 is 0 Å². The van der Waals surface area contributed by atoms with Gasteiger partial charge in [0.2, 0.25) is 0 Å². The molecule has 0 saturated heterocycles. The van der Waals surface area contributed by atoms with E-state index in [-0.39, 0.29) is 59.3 Å². The summed E-state index contributed by atoms with van der Waals surface area (Å²) in [6.07, 6.45) is 0. The second-order valence-electron chi connectivity index (χ2n) is 11.4. The number of fused-ring (bicyclic) bond motifs is 3. The number of nitrogens with zero attached hydrogens (tertiary/aromatic N) is 3. The number of hydrogen-bond donors (Lipinski definition) is 0. The van der Waals surface area contributed by atoms with Gasteiger partial charge >= 0.3 is 0 Å². The Morgan fingerprint density at radius 2 is 0.918 bits per heavy atom. The number of rotatable bonds is 6. The van der Waals surface area contributed by atoms with Gasteiger partial charge in [0.1, 0.15) is 11.2 Å². The fourth-order valence-electron chi connectivity index (χ4n) is 5.96. The van der Waals surface area contributed by atoms with Crippen molar-refractivity contribution in [2.75, 3.05) is 0 Å². The number of aromatic nitrogens is 3. The van der Waals surface area contributed by atoms with Crippen LogP contribution in [-0.2, 0) is 0 Å². The van der Waals surface area contributed by atoms with Gasteiger partial charge in [0, 0.05) is 27.5 Å². The van der Waals surface area contributed by atoms with E-state index in [1.807, 2.05) is 103 Å². The SMILES string of the molecule is [2H]c1ccc2oc3c([2H])c([2H])c(-c4ccccc4)cc3c2c1-c1nc(-c2ccccc2)nc(-c2ccc(-c3ccc(-c4c([2H])c([2H])c([2H])c([2H])c4[2H])cc3)cc2)n1. The van der Waals surface area contributed by atoms with Gasteiger partial charge in [0.15, 0.2) is 17.5 Å². The van der Waals surface area contributed by atoms with Crippen LogP contribution in [0.3, 0.4) is 0 Å². The molecule has 0 N–H and O–H groups in total. The van der Waals surface area contributed by atoms with Crippen LogP contribution < -0.4 is 0 Å². The molecule has 0 fully saturated rings. The van der Waals surface area contributed by atoms with E-state index >= 15 is 0 Å². The van der Waals surface area contributed by atoms with E-state index < -0.39 is 6.04 Å². The van der Waals surface area contributed by atoms with Gasteiger partial charge in [-0.3, -0.25) is 0 Å². The molecule has 0 atom stereocenters. The van der Waals surface area contributed by atoms with E-state index in [4.69, 9.17) is 30.3 Å². The van der Waals surface area contributed by atoms with Crippen molar-refractivity contribution >= 4 is 21.9 Å². The molecule has 49 heavy (non-hydrogen) atoms. The minimum Gasteiger partial charge on any atom is -0.456 e. The van der Waals surface area contributed by atoms with Crippen molar-refractivity contribution in [1.29, 1.82) is 0 Å². The number of hydrogen-bond acceptors (Lipinski definition) is 4. The van der Waals surface area contributed by atoms with Crippen molar-refractivity contribution in [3.8, 4) is 67.5 Å². The first kappa shape index (κ1) is 21.3. The summed E-state index contributed by atoms with van der Waals surface area (Å²) in [5, 5.41) is 1.15. The van der Waals surface area contributed by atoms with Crippen LogP contribution in [0, 0.1) is 0 Å². The summed E-state index contributed by atoms with van der Waals surface area (Å²) in [5.41, 5.74) is 6.32. The first-order valence-electron chi connectivity index (χ1n) is 19.7. The van der Waals surface area contributed by atoms with E-state index in [1.165, 1.54) is 0 Å². The van der Waals surface area contributed by atoms with Gasteiger partial charge in [-0.15, -0.1) is 0 Å². The van der Waals surface area contributed by atoms with Crippen molar-refractivity contribution in [2.24, 2.45) is 0 Å². The minimum atomic E-state index is -0.428. The third-order valence-electron chi connectivity index (χ3n) is 8.41. The highest BCUT2D eigenvalue weighted by Crippen LogP contribution is 2.38. The monoisotopic (exact) mass is 635 g/mol. The second kappa shape index (κ2) is 12.2. The maximum atomic E-state index is 9.14. The summed E-state index contributed by atoms with van der Waals surface area (Å²) in [5.74, 6) is 1.05. The van der Waals surface area contributed by atoms with Crippen molar-refractivity contribution in [2.45, 2.75) is 0 Å². The van der Waals surface area contributed by atoms with Crippen molar-refractivity contribution in [1.82, 2.24) is 15.0 Å². The van der Waals surface area contributed by atoms with Crippen LogP contribution in [0.4, 0.5) is 0 Å². The molecule has 4 heteroatoms.